The van der Waals surface area contributed by atoms with Crippen molar-refractivity contribution in [1.82, 2.24) is 0 Å². The van der Waals surface area contributed by atoms with Gasteiger partial charge in [-0.05, 0) is 24.3 Å². The van der Waals surface area contributed by atoms with Crippen LogP contribution in [-0.4, -0.2) is 37.2 Å². The zero-order chi connectivity index (χ0) is 19.1. The molecule has 0 unspecified atom stereocenters. The first-order valence-corrected chi connectivity index (χ1v) is 8.13. The Morgan fingerprint density at radius 2 is 1.77 bits per heavy atom. The molecule has 0 radical (unpaired) electrons. The molecule has 0 aromatic heterocycles. The number of non-ortho nitro benzene ring substituents is 1. The van der Waals surface area contributed by atoms with Gasteiger partial charge in [0.1, 0.15) is 19.0 Å². The van der Waals surface area contributed by atoms with E-state index in [4.69, 9.17) is 9.47 Å². The molecule has 136 valence electrons. The molecule has 0 atom stereocenters. The number of halogens is 1. The van der Waals surface area contributed by atoms with E-state index < -0.39 is 22.5 Å². The number of nitro benzene ring substituents is 1. The van der Waals surface area contributed by atoms with Crippen LogP contribution in [0.2, 0.25) is 0 Å². The number of benzene rings is 2. The SMILES string of the molecule is COC(=O)c1cc(C(=O)OCCOc2cccc(Br)c2)cc([N+](=O)[O-])c1. The molecule has 0 aliphatic carbocycles. The number of nitrogens with zero attached hydrogens (tertiary/aromatic N) is 1. The molecule has 2 aromatic carbocycles. The van der Waals surface area contributed by atoms with Gasteiger partial charge >= 0.3 is 11.9 Å². The molecule has 0 saturated carbocycles. The summed E-state index contributed by atoms with van der Waals surface area (Å²) in [5, 5.41) is 11.0. The summed E-state index contributed by atoms with van der Waals surface area (Å²) in [6.07, 6.45) is 0. The Bertz CT molecular complexity index is 838. The molecule has 0 fully saturated rings. The normalized spacial score (nSPS) is 10.1. The highest BCUT2D eigenvalue weighted by Crippen LogP contribution is 2.19. The van der Waals surface area contributed by atoms with Gasteiger partial charge in [0.2, 0.25) is 0 Å². The minimum absolute atomic E-state index is 0.0679. The fourth-order valence-corrected chi connectivity index (χ4v) is 2.38. The van der Waals surface area contributed by atoms with E-state index in [1.54, 1.807) is 18.2 Å². The molecule has 0 bridgehead atoms. The van der Waals surface area contributed by atoms with E-state index in [2.05, 4.69) is 20.7 Å². The Morgan fingerprint density at radius 3 is 2.38 bits per heavy atom. The van der Waals surface area contributed by atoms with Crippen LogP contribution in [0.15, 0.2) is 46.9 Å². The number of ether oxygens (including phenoxy) is 3. The smallest absolute Gasteiger partial charge is 0.338 e. The van der Waals surface area contributed by atoms with Gasteiger partial charge in [0, 0.05) is 16.6 Å². The first kappa shape index (κ1) is 19.4. The zero-order valence-corrected chi connectivity index (χ0v) is 15.2. The number of carbonyl (C=O) groups excluding carboxylic acids is 2. The van der Waals surface area contributed by atoms with Gasteiger partial charge in [-0.1, -0.05) is 22.0 Å². The average Bonchev–Trinajstić information content (AvgIpc) is 2.64. The van der Waals surface area contributed by atoms with E-state index >= 15 is 0 Å². The molecule has 0 aliphatic heterocycles. The van der Waals surface area contributed by atoms with Gasteiger partial charge in [-0.2, -0.15) is 0 Å². The molecular weight excluding hydrogens is 410 g/mol. The third kappa shape index (κ3) is 5.28. The van der Waals surface area contributed by atoms with Crippen molar-refractivity contribution in [3.05, 3.63) is 68.2 Å². The van der Waals surface area contributed by atoms with Crippen molar-refractivity contribution in [1.29, 1.82) is 0 Å². The van der Waals surface area contributed by atoms with E-state index in [1.807, 2.05) is 6.07 Å². The standard InChI is InChI=1S/C17H14BrNO7/c1-24-16(20)11-7-12(9-14(8-11)19(22)23)17(21)26-6-5-25-15-4-2-3-13(18)10-15/h2-4,7-10H,5-6H2,1H3. The molecular formula is C17H14BrNO7. The van der Waals surface area contributed by atoms with E-state index in [1.165, 1.54) is 6.07 Å². The lowest BCUT2D eigenvalue weighted by molar-refractivity contribution is -0.384. The Labute approximate surface area is 156 Å². The van der Waals surface area contributed by atoms with E-state index in [0.717, 1.165) is 23.7 Å². The average molecular weight is 424 g/mol. The summed E-state index contributed by atoms with van der Waals surface area (Å²) in [5.41, 5.74) is -0.647. The van der Waals surface area contributed by atoms with Crippen LogP contribution >= 0.6 is 15.9 Å². The molecule has 0 saturated heterocycles. The highest BCUT2D eigenvalue weighted by atomic mass is 79.9. The van der Waals surface area contributed by atoms with Crippen molar-refractivity contribution < 1.29 is 28.7 Å². The number of carbonyl (C=O) groups is 2. The fraction of sp³-hybridized carbons (Fsp3) is 0.176. The molecule has 0 heterocycles. The van der Waals surface area contributed by atoms with E-state index in [9.17, 15) is 19.7 Å². The monoisotopic (exact) mass is 423 g/mol. The van der Waals surface area contributed by atoms with Crippen molar-refractivity contribution in [2.75, 3.05) is 20.3 Å². The molecule has 26 heavy (non-hydrogen) atoms. The molecule has 0 spiro atoms. The Morgan fingerprint density at radius 1 is 1.08 bits per heavy atom. The Hall–Kier alpha value is -2.94. The predicted octanol–water partition coefficient (Wildman–Crippen LogP) is 3.38. The third-order valence-electron chi connectivity index (χ3n) is 3.17. The molecule has 8 nitrogen and oxygen atoms in total. The highest BCUT2D eigenvalue weighted by Gasteiger charge is 2.19. The minimum Gasteiger partial charge on any atom is -0.490 e. The fourth-order valence-electron chi connectivity index (χ4n) is 2.00. The van der Waals surface area contributed by atoms with Crippen LogP contribution in [0.25, 0.3) is 0 Å². The first-order valence-electron chi connectivity index (χ1n) is 7.34. The van der Waals surface area contributed by atoms with Crippen LogP contribution in [0.4, 0.5) is 5.69 Å². The van der Waals surface area contributed by atoms with Crippen LogP contribution in [0.1, 0.15) is 20.7 Å². The van der Waals surface area contributed by atoms with E-state index in [0.29, 0.717) is 5.75 Å². The topological polar surface area (TPSA) is 105 Å². The van der Waals surface area contributed by atoms with Crippen molar-refractivity contribution >= 4 is 33.6 Å². The summed E-state index contributed by atoms with van der Waals surface area (Å²) in [6, 6.07) is 10.4. The summed E-state index contributed by atoms with van der Waals surface area (Å²) in [5.74, 6) is -1.00. The first-order chi connectivity index (χ1) is 12.4. The second kappa shape index (κ2) is 8.95. The second-order valence-corrected chi connectivity index (χ2v) is 5.87. The Kier molecular flexibility index (Phi) is 6.67. The molecule has 2 rings (SSSR count). The van der Waals surface area contributed by atoms with Gasteiger partial charge in [0.05, 0.1) is 23.2 Å². The van der Waals surface area contributed by atoms with Gasteiger partial charge in [0.15, 0.2) is 0 Å². The lowest BCUT2D eigenvalue weighted by atomic mass is 10.1. The maximum Gasteiger partial charge on any atom is 0.338 e. The maximum atomic E-state index is 12.1. The van der Waals surface area contributed by atoms with Gasteiger partial charge in [-0.15, -0.1) is 0 Å². The molecule has 0 amide bonds. The lowest BCUT2D eigenvalue weighted by Gasteiger charge is -2.08. The highest BCUT2D eigenvalue weighted by molar-refractivity contribution is 9.10. The number of rotatable bonds is 7. The van der Waals surface area contributed by atoms with Gasteiger partial charge in [0.25, 0.3) is 5.69 Å². The van der Waals surface area contributed by atoms with Crippen molar-refractivity contribution in [3.63, 3.8) is 0 Å². The molecule has 9 heteroatoms. The van der Waals surface area contributed by atoms with Crippen molar-refractivity contribution in [2.24, 2.45) is 0 Å². The zero-order valence-electron chi connectivity index (χ0n) is 13.6. The van der Waals surface area contributed by atoms with Crippen LogP contribution < -0.4 is 4.74 Å². The number of hydrogen-bond donors (Lipinski definition) is 0. The van der Waals surface area contributed by atoms with Gasteiger partial charge in [-0.3, -0.25) is 10.1 Å². The largest absolute Gasteiger partial charge is 0.490 e. The summed E-state index contributed by atoms with van der Waals surface area (Å²) in [6.45, 7) is 0.0303. The summed E-state index contributed by atoms with van der Waals surface area (Å²) < 4.78 is 15.8. The van der Waals surface area contributed by atoms with Crippen LogP contribution in [0.5, 0.6) is 5.75 Å². The number of esters is 2. The summed E-state index contributed by atoms with van der Waals surface area (Å²) in [4.78, 5) is 33.9. The number of methoxy groups -OCH3 is 1. The number of nitro groups is 1. The molecule has 0 aliphatic rings. The van der Waals surface area contributed by atoms with Gasteiger partial charge < -0.3 is 14.2 Å². The van der Waals surface area contributed by atoms with Gasteiger partial charge in [-0.25, -0.2) is 9.59 Å². The Balaban J connectivity index is 2.00. The van der Waals surface area contributed by atoms with Crippen LogP contribution in [-0.2, 0) is 9.47 Å². The third-order valence-corrected chi connectivity index (χ3v) is 3.66. The van der Waals surface area contributed by atoms with E-state index in [-0.39, 0.29) is 24.3 Å². The van der Waals surface area contributed by atoms with Crippen molar-refractivity contribution in [2.45, 2.75) is 0 Å². The van der Waals surface area contributed by atoms with Crippen molar-refractivity contribution in [3.8, 4) is 5.75 Å². The predicted molar refractivity (Wildman–Crippen MR) is 94.4 cm³/mol. The van der Waals surface area contributed by atoms with Crippen LogP contribution in [0.3, 0.4) is 0 Å². The second-order valence-electron chi connectivity index (χ2n) is 4.96. The summed E-state index contributed by atoms with van der Waals surface area (Å²) in [7, 11) is 1.14. The number of hydrogen-bond acceptors (Lipinski definition) is 7. The van der Waals surface area contributed by atoms with Crippen LogP contribution in [0, 0.1) is 10.1 Å². The maximum absolute atomic E-state index is 12.1. The minimum atomic E-state index is -0.809. The summed E-state index contributed by atoms with van der Waals surface area (Å²) >= 11 is 3.31. The quantitative estimate of drug-likeness (QED) is 0.290. The molecule has 2 aromatic rings. The molecule has 0 N–H and O–H groups in total. The lowest BCUT2D eigenvalue weighted by Crippen LogP contribution is -2.13.